The minimum Gasteiger partial charge on any atom is -0.487 e. The molecule has 0 bridgehead atoms. The number of rotatable bonds is 4. The van der Waals surface area contributed by atoms with Crippen molar-refractivity contribution in [2.45, 2.75) is 30.9 Å². The number of likely N-dealkylation sites (N-methyl/N-ethyl adjacent to an activating group) is 1. The molecular weight excluding hydrogens is 431 g/mol. The van der Waals surface area contributed by atoms with Crippen molar-refractivity contribution in [2.24, 2.45) is 5.92 Å². The molecule has 0 unspecified atom stereocenters. The molecule has 0 aliphatic carbocycles. The zero-order chi connectivity index (χ0) is 23.5. The van der Waals surface area contributed by atoms with Crippen LogP contribution in [0.3, 0.4) is 0 Å². The minimum atomic E-state index is -3.88. The van der Waals surface area contributed by atoms with Crippen molar-refractivity contribution < 1.29 is 22.7 Å². The third kappa shape index (κ3) is 5.48. The lowest BCUT2D eigenvalue weighted by Crippen LogP contribution is -2.49. The molecule has 2 aromatic rings. The van der Waals surface area contributed by atoms with Gasteiger partial charge in [-0.3, -0.25) is 0 Å². The second-order valence-corrected chi connectivity index (χ2v) is 10.3. The summed E-state index contributed by atoms with van der Waals surface area (Å²) in [5.41, 5.74) is 1.23. The molecule has 0 fully saturated rings. The van der Waals surface area contributed by atoms with Crippen LogP contribution in [0.2, 0.25) is 0 Å². The predicted molar refractivity (Wildman–Crippen MR) is 121 cm³/mol. The van der Waals surface area contributed by atoms with Gasteiger partial charge in [-0.25, -0.2) is 12.8 Å². The highest BCUT2D eigenvalue weighted by atomic mass is 32.2. The smallest absolute Gasteiger partial charge is 0.247 e. The number of halogens is 1. The van der Waals surface area contributed by atoms with Crippen LogP contribution in [0.4, 0.5) is 4.39 Å². The van der Waals surface area contributed by atoms with Crippen molar-refractivity contribution in [3.8, 4) is 17.6 Å². The minimum absolute atomic E-state index is 0.0563. The number of aliphatic hydroxyl groups is 1. The number of sulfonamides is 1. The summed E-state index contributed by atoms with van der Waals surface area (Å²) < 4.78 is 47.6. The van der Waals surface area contributed by atoms with Gasteiger partial charge in [0.15, 0.2) is 0 Å². The maximum absolute atomic E-state index is 13.4. The summed E-state index contributed by atoms with van der Waals surface area (Å²) in [6.45, 7) is 4.21. The Hall–Kier alpha value is -2.44. The van der Waals surface area contributed by atoms with Crippen LogP contribution < -0.4 is 4.74 Å². The Morgan fingerprint density at radius 1 is 1.19 bits per heavy atom. The first-order chi connectivity index (χ1) is 15.1. The number of fused-ring (bicyclic) bond motifs is 1. The molecule has 1 aliphatic rings. The van der Waals surface area contributed by atoms with Gasteiger partial charge in [0.2, 0.25) is 10.0 Å². The van der Waals surface area contributed by atoms with Crippen LogP contribution in [0.5, 0.6) is 5.75 Å². The molecule has 172 valence electrons. The van der Waals surface area contributed by atoms with Gasteiger partial charge in [-0.05, 0) is 63.5 Å². The maximum atomic E-state index is 13.4. The van der Waals surface area contributed by atoms with Crippen molar-refractivity contribution in [3.63, 3.8) is 0 Å². The van der Waals surface area contributed by atoms with Crippen LogP contribution in [0.15, 0.2) is 47.4 Å². The van der Waals surface area contributed by atoms with Crippen molar-refractivity contribution in [3.05, 3.63) is 59.4 Å². The molecular formula is C24H29FN2O4S. The van der Waals surface area contributed by atoms with E-state index >= 15 is 0 Å². The summed E-state index contributed by atoms with van der Waals surface area (Å²) in [6, 6.07) is 10.0. The molecule has 32 heavy (non-hydrogen) atoms. The van der Waals surface area contributed by atoms with Crippen LogP contribution in [0.25, 0.3) is 0 Å². The average Bonchev–Trinajstić information content (AvgIpc) is 2.75. The number of aliphatic hydroxyl groups excluding tert-OH is 1. The zero-order valence-corrected chi connectivity index (χ0v) is 19.6. The third-order valence-corrected chi connectivity index (χ3v) is 7.43. The predicted octanol–water partition coefficient (Wildman–Crippen LogP) is 2.56. The van der Waals surface area contributed by atoms with E-state index in [2.05, 4.69) is 11.8 Å². The maximum Gasteiger partial charge on any atom is 0.247 e. The highest BCUT2D eigenvalue weighted by molar-refractivity contribution is 7.89. The molecule has 2 aromatic carbocycles. The zero-order valence-electron chi connectivity index (χ0n) is 18.7. The SMILES string of the molecule is C[C@@H]1CN([C@@H](C)CO)S(=O)(=O)c2ccc(C#Cc3ccc(F)cc3)cc2O[C@@H]1CN(C)C. The standard InChI is InChI=1S/C24H29FN2O4S/c1-17-14-27(18(2)16-28)32(29,30)24-12-9-20(6-5-19-7-10-21(25)11-8-19)13-22(24)31-23(17)15-26(3)4/h7-13,17-18,23,28H,14-16H2,1-4H3/t17-,18+,23-/m1/s1. The third-order valence-electron chi connectivity index (χ3n) is 5.41. The molecule has 0 aromatic heterocycles. The molecule has 0 saturated carbocycles. The van der Waals surface area contributed by atoms with Crippen molar-refractivity contribution in [1.29, 1.82) is 0 Å². The molecule has 8 heteroatoms. The quantitative estimate of drug-likeness (QED) is 0.711. The van der Waals surface area contributed by atoms with Crippen molar-refractivity contribution >= 4 is 10.0 Å². The van der Waals surface area contributed by atoms with Gasteiger partial charge in [0.1, 0.15) is 22.6 Å². The van der Waals surface area contributed by atoms with Crippen molar-refractivity contribution in [1.82, 2.24) is 9.21 Å². The summed E-state index contributed by atoms with van der Waals surface area (Å²) in [4.78, 5) is 2.05. The molecule has 1 N–H and O–H groups in total. The lowest BCUT2D eigenvalue weighted by Gasteiger charge is -2.37. The summed E-state index contributed by atoms with van der Waals surface area (Å²) >= 11 is 0. The summed E-state index contributed by atoms with van der Waals surface area (Å²) in [6.07, 6.45) is -0.257. The fourth-order valence-corrected chi connectivity index (χ4v) is 5.38. The largest absolute Gasteiger partial charge is 0.487 e. The molecule has 0 spiro atoms. The Balaban J connectivity index is 2.07. The number of nitrogens with zero attached hydrogens (tertiary/aromatic N) is 2. The van der Waals surface area contributed by atoms with Crippen LogP contribution in [-0.4, -0.2) is 68.7 Å². The highest BCUT2D eigenvalue weighted by Crippen LogP contribution is 2.34. The van der Waals surface area contributed by atoms with E-state index in [4.69, 9.17) is 4.74 Å². The van der Waals surface area contributed by atoms with Gasteiger partial charge in [-0.15, -0.1) is 0 Å². The van der Waals surface area contributed by atoms with Gasteiger partial charge in [0.25, 0.3) is 0 Å². The lowest BCUT2D eigenvalue weighted by atomic mass is 10.0. The number of hydrogen-bond donors (Lipinski definition) is 1. The Morgan fingerprint density at radius 2 is 1.81 bits per heavy atom. The number of hydrogen-bond acceptors (Lipinski definition) is 5. The van der Waals surface area contributed by atoms with Crippen LogP contribution in [0, 0.1) is 23.6 Å². The first-order valence-electron chi connectivity index (χ1n) is 10.5. The van der Waals surface area contributed by atoms with Crippen LogP contribution in [0.1, 0.15) is 25.0 Å². The monoisotopic (exact) mass is 460 g/mol. The second kappa shape index (κ2) is 10.0. The summed E-state index contributed by atoms with van der Waals surface area (Å²) in [5.74, 6) is 5.75. The van der Waals surface area contributed by atoms with Gasteiger partial charge in [0.05, 0.1) is 6.61 Å². The van der Waals surface area contributed by atoms with Gasteiger partial charge >= 0.3 is 0 Å². The van der Waals surface area contributed by atoms with Gasteiger partial charge in [-0.2, -0.15) is 4.31 Å². The molecule has 3 atom stereocenters. The number of benzene rings is 2. The van der Waals surface area contributed by atoms with Crippen LogP contribution in [-0.2, 0) is 10.0 Å². The Labute approximate surface area is 189 Å². The van der Waals surface area contributed by atoms with E-state index < -0.39 is 16.1 Å². The first kappa shape index (κ1) is 24.2. The normalized spacial score (nSPS) is 21.5. The van der Waals surface area contributed by atoms with E-state index in [9.17, 15) is 17.9 Å². The van der Waals surface area contributed by atoms with E-state index in [0.717, 1.165) is 0 Å². The van der Waals surface area contributed by atoms with Crippen LogP contribution >= 0.6 is 0 Å². The summed E-state index contributed by atoms with van der Waals surface area (Å²) in [7, 11) is -0.0111. The Bertz CT molecular complexity index is 1110. The molecule has 1 heterocycles. The van der Waals surface area contributed by atoms with E-state index in [1.807, 2.05) is 25.9 Å². The molecule has 3 rings (SSSR count). The Kier molecular flexibility index (Phi) is 7.57. The second-order valence-electron chi connectivity index (χ2n) is 8.42. The lowest BCUT2D eigenvalue weighted by molar-refractivity contribution is 0.0812. The molecule has 1 aliphatic heterocycles. The molecule has 6 nitrogen and oxygen atoms in total. The highest BCUT2D eigenvalue weighted by Gasteiger charge is 2.37. The molecule has 0 radical (unpaired) electrons. The van der Waals surface area contributed by atoms with Gasteiger partial charge in [-0.1, -0.05) is 18.8 Å². The fraction of sp³-hybridized carbons (Fsp3) is 0.417. The number of ether oxygens (including phenoxy) is 1. The summed E-state index contributed by atoms with van der Waals surface area (Å²) in [5, 5.41) is 9.68. The first-order valence-corrected chi connectivity index (χ1v) is 11.9. The van der Waals surface area contributed by atoms with E-state index in [-0.39, 0.29) is 41.6 Å². The van der Waals surface area contributed by atoms with Gasteiger partial charge < -0.3 is 14.7 Å². The Morgan fingerprint density at radius 3 is 2.44 bits per heavy atom. The van der Waals surface area contributed by atoms with E-state index in [1.54, 1.807) is 31.2 Å². The molecule has 0 amide bonds. The van der Waals surface area contributed by atoms with E-state index in [1.165, 1.54) is 22.5 Å². The van der Waals surface area contributed by atoms with E-state index in [0.29, 0.717) is 17.7 Å². The average molecular weight is 461 g/mol. The topological polar surface area (TPSA) is 70.1 Å². The molecule has 0 saturated heterocycles. The fourth-order valence-electron chi connectivity index (χ4n) is 3.56. The van der Waals surface area contributed by atoms with Gasteiger partial charge in [0, 0.05) is 36.2 Å². The van der Waals surface area contributed by atoms with Crippen molar-refractivity contribution in [2.75, 3.05) is 33.8 Å².